The van der Waals surface area contributed by atoms with Gasteiger partial charge in [0.05, 0.1) is 0 Å². The number of hydrogen-bond acceptors (Lipinski definition) is 2. The van der Waals surface area contributed by atoms with E-state index in [1.807, 2.05) is 30.3 Å². The summed E-state index contributed by atoms with van der Waals surface area (Å²) in [4.78, 5) is 4.94. The van der Waals surface area contributed by atoms with E-state index in [4.69, 9.17) is 10.7 Å². The van der Waals surface area contributed by atoms with Crippen LogP contribution in [0.25, 0.3) is 0 Å². The first-order chi connectivity index (χ1) is 7.81. The highest BCUT2D eigenvalue weighted by molar-refractivity contribution is 5.30. The van der Waals surface area contributed by atoms with Crippen LogP contribution in [0.4, 0.5) is 4.39 Å². The Morgan fingerprint density at radius 1 is 0.875 bits per heavy atom. The van der Waals surface area contributed by atoms with Crippen LogP contribution in [0.3, 0.4) is 0 Å². The van der Waals surface area contributed by atoms with E-state index in [2.05, 4.69) is 0 Å². The smallest absolute Gasteiger partial charge is 0.129 e. The zero-order valence-corrected chi connectivity index (χ0v) is 8.64. The predicted octanol–water partition coefficient (Wildman–Crippen LogP) is 2.81. The first-order valence-electron chi connectivity index (χ1n) is 4.97. The number of benzene rings is 2. The minimum atomic E-state index is -0.359. The van der Waals surface area contributed by atoms with Gasteiger partial charge in [-0.25, -0.2) is 10.3 Å². The normalized spacial score (nSPS) is 12.4. The van der Waals surface area contributed by atoms with Crippen molar-refractivity contribution in [2.75, 3.05) is 0 Å². The molecule has 2 nitrogen and oxygen atoms in total. The van der Waals surface area contributed by atoms with Gasteiger partial charge in [0.15, 0.2) is 0 Å². The molecule has 0 heterocycles. The third-order valence-corrected chi connectivity index (χ3v) is 2.41. The van der Waals surface area contributed by atoms with E-state index in [1.54, 1.807) is 12.1 Å². The van der Waals surface area contributed by atoms with Gasteiger partial charge in [-0.3, -0.25) is 4.84 Å². The van der Waals surface area contributed by atoms with Crippen LogP contribution < -0.4 is 5.90 Å². The topological polar surface area (TPSA) is 35.2 Å². The standard InChI is InChI=1S/C13H12FNO/c14-12-8-6-11(7-9-12)13(16-15)10-4-2-1-3-5-10/h1-9,13H,15H2. The highest BCUT2D eigenvalue weighted by atomic mass is 19.1. The van der Waals surface area contributed by atoms with Gasteiger partial charge in [0, 0.05) is 0 Å². The summed E-state index contributed by atoms with van der Waals surface area (Å²) in [5.74, 6) is 5.01. The third-order valence-electron chi connectivity index (χ3n) is 2.41. The summed E-state index contributed by atoms with van der Waals surface area (Å²) in [6.45, 7) is 0. The van der Waals surface area contributed by atoms with E-state index in [1.165, 1.54) is 12.1 Å². The maximum Gasteiger partial charge on any atom is 0.129 e. The Kier molecular flexibility index (Phi) is 3.29. The van der Waals surface area contributed by atoms with Gasteiger partial charge in [-0.1, -0.05) is 42.5 Å². The number of hydrogen-bond donors (Lipinski definition) is 1. The molecule has 0 bridgehead atoms. The lowest BCUT2D eigenvalue weighted by atomic mass is 10.0. The molecule has 2 rings (SSSR count). The van der Waals surface area contributed by atoms with Crippen molar-refractivity contribution >= 4 is 0 Å². The summed E-state index contributed by atoms with van der Waals surface area (Å²) < 4.78 is 12.8. The average molecular weight is 217 g/mol. The monoisotopic (exact) mass is 217 g/mol. The molecule has 0 aromatic heterocycles. The summed E-state index contributed by atoms with van der Waals surface area (Å²) in [7, 11) is 0. The maximum absolute atomic E-state index is 12.8. The van der Waals surface area contributed by atoms with Gasteiger partial charge < -0.3 is 0 Å². The van der Waals surface area contributed by atoms with E-state index in [0.29, 0.717) is 0 Å². The molecule has 0 aliphatic heterocycles. The molecule has 1 unspecified atom stereocenters. The van der Waals surface area contributed by atoms with Crippen molar-refractivity contribution in [1.82, 2.24) is 0 Å². The molecule has 82 valence electrons. The van der Waals surface area contributed by atoms with Crippen LogP contribution in [0.15, 0.2) is 54.6 Å². The second kappa shape index (κ2) is 4.88. The van der Waals surface area contributed by atoms with Gasteiger partial charge >= 0.3 is 0 Å². The first kappa shape index (κ1) is 10.8. The molecule has 0 aliphatic rings. The van der Waals surface area contributed by atoms with Gasteiger partial charge in [-0.2, -0.15) is 0 Å². The Morgan fingerprint density at radius 3 is 2.00 bits per heavy atom. The van der Waals surface area contributed by atoms with Crippen molar-refractivity contribution in [3.8, 4) is 0 Å². The molecule has 2 aromatic rings. The summed E-state index contributed by atoms with van der Waals surface area (Å²) >= 11 is 0. The SMILES string of the molecule is NOC(c1ccccc1)c1ccc(F)cc1. The molecule has 0 fully saturated rings. The van der Waals surface area contributed by atoms with Crippen LogP contribution in [0.1, 0.15) is 17.2 Å². The van der Waals surface area contributed by atoms with Crippen LogP contribution in [0, 0.1) is 5.82 Å². The third kappa shape index (κ3) is 2.27. The van der Waals surface area contributed by atoms with Gasteiger partial charge in [-0.05, 0) is 23.3 Å². The number of rotatable bonds is 3. The Morgan fingerprint density at radius 2 is 1.44 bits per heavy atom. The van der Waals surface area contributed by atoms with Crippen LogP contribution in [-0.2, 0) is 4.84 Å². The fraction of sp³-hybridized carbons (Fsp3) is 0.0769. The van der Waals surface area contributed by atoms with Crippen molar-refractivity contribution in [2.24, 2.45) is 5.90 Å². The molecule has 0 aliphatic carbocycles. The molecule has 1 atom stereocenters. The highest BCUT2D eigenvalue weighted by Crippen LogP contribution is 2.24. The summed E-state index contributed by atoms with van der Waals surface area (Å²) in [5, 5.41) is 0. The van der Waals surface area contributed by atoms with Gasteiger partial charge in [-0.15, -0.1) is 0 Å². The molecule has 0 saturated carbocycles. The molecule has 16 heavy (non-hydrogen) atoms. The lowest BCUT2D eigenvalue weighted by Crippen LogP contribution is -2.10. The van der Waals surface area contributed by atoms with Crippen molar-refractivity contribution in [3.05, 3.63) is 71.5 Å². The lowest BCUT2D eigenvalue weighted by Gasteiger charge is -2.15. The molecule has 0 radical (unpaired) electrons. The van der Waals surface area contributed by atoms with Gasteiger partial charge in [0.25, 0.3) is 0 Å². The van der Waals surface area contributed by atoms with Crippen molar-refractivity contribution in [3.63, 3.8) is 0 Å². The zero-order chi connectivity index (χ0) is 11.4. The molecule has 0 saturated heterocycles. The van der Waals surface area contributed by atoms with Crippen LogP contribution in [0.2, 0.25) is 0 Å². The molecule has 3 heteroatoms. The van der Waals surface area contributed by atoms with Gasteiger partial charge in [0.2, 0.25) is 0 Å². The maximum atomic E-state index is 12.8. The predicted molar refractivity (Wildman–Crippen MR) is 60.0 cm³/mol. The average Bonchev–Trinajstić information content (AvgIpc) is 2.34. The van der Waals surface area contributed by atoms with E-state index < -0.39 is 0 Å². The van der Waals surface area contributed by atoms with E-state index in [9.17, 15) is 4.39 Å². The second-order valence-corrected chi connectivity index (χ2v) is 3.48. The lowest BCUT2D eigenvalue weighted by molar-refractivity contribution is 0.0813. The Hall–Kier alpha value is -1.71. The van der Waals surface area contributed by atoms with Gasteiger partial charge in [0.1, 0.15) is 11.9 Å². The van der Waals surface area contributed by atoms with Crippen molar-refractivity contribution in [1.29, 1.82) is 0 Å². The first-order valence-corrected chi connectivity index (χ1v) is 4.97. The molecule has 2 aromatic carbocycles. The molecule has 0 spiro atoms. The van der Waals surface area contributed by atoms with Crippen molar-refractivity contribution in [2.45, 2.75) is 6.10 Å². The summed E-state index contributed by atoms with van der Waals surface area (Å²) in [6, 6.07) is 15.7. The zero-order valence-electron chi connectivity index (χ0n) is 8.64. The van der Waals surface area contributed by atoms with E-state index >= 15 is 0 Å². The quantitative estimate of drug-likeness (QED) is 0.802. The molecular formula is C13H12FNO. The Bertz CT molecular complexity index is 441. The van der Waals surface area contributed by atoms with Crippen LogP contribution in [0.5, 0.6) is 0 Å². The van der Waals surface area contributed by atoms with E-state index in [-0.39, 0.29) is 11.9 Å². The fourth-order valence-corrected chi connectivity index (χ4v) is 1.61. The second-order valence-electron chi connectivity index (χ2n) is 3.48. The fourth-order valence-electron chi connectivity index (χ4n) is 1.61. The number of nitrogens with two attached hydrogens (primary N) is 1. The Labute approximate surface area is 93.4 Å². The van der Waals surface area contributed by atoms with E-state index in [0.717, 1.165) is 11.1 Å². The van der Waals surface area contributed by atoms with Crippen molar-refractivity contribution < 1.29 is 9.23 Å². The minimum absolute atomic E-state index is 0.271. The largest absolute Gasteiger partial charge is 0.292 e. The molecular weight excluding hydrogens is 205 g/mol. The molecule has 0 amide bonds. The Balaban J connectivity index is 2.33. The number of halogens is 1. The van der Waals surface area contributed by atoms with Crippen LogP contribution >= 0.6 is 0 Å². The highest BCUT2D eigenvalue weighted by Gasteiger charge is 2.13. The van der Waals surface area contributed by atoms with Crippen LogP contribution in [-0.4, -0.2) is 0 Å². The minimum Gasteiger partial charge on any atom is -0.292 e. The molecule has 2 N–H and O–H groups in total. The summed E-state index contributed by atoms with van der Waals surface area (Å²) in [6.07, 6.45) is -0.359. The summed E-state index contributed by atoms with van der Waals surface area (Å²) in [5.41, 5.74) is 1.77.